The number of carbonyl (C=O) groups is 2. The van der Waals surface area contributed by atoms with Crippen molar-refractivity contribution in [2.24, 2.45) is 5.73 Å². The summed E-state index contributed by atoms with van der Waals surface area (Å²) in [5, 5.41) is 4.67. The molecular formula is C11H11F2N3O4. The summed E-state index contributed by atoms with van der Waals surface area (Å²) in [6.07, 6.45) is -3.71. The zero-order valence-corrected chi connectivity index (χ0v) is 10.1. The molecule has 0 radical (unpaired) electrons. The third kappa shape index (κ3) is 3.32. The molecule has 4 N–H and O–H groups in total. The summed E-state index contributed by atoms with van der Waals surface area (Å²) < 4.78 is 34.0. The third-order valence-corrected chi connectivity index (χ3v) is 2.32. The molecule has 1 heterocycles. The number of anilines is 1. The van der Waals surface area contributed by atoms with Gasteiger partial charge in [0.05, 0.1) is 13.1 Å². The van der Waals surface area contributed by atoms with Crippen molar-refractivity contribution in [1.29, 1.82) is 0 Å². The van der Waals surface area contributed by atoms with Gasteiger partial charge in [0.15, 0.2) is 11.5 Å². The van der Waals surface area contributed by atoms with E-state index in [1.54, 1.807) is 0 Å². The van der Waals surface area contributed by atoms with E-state index in [-0.39, 0.29) is 30.3 Å². The monoisotopic (exact) mass is 287 g/mol. The van der Waals surface area contributed by atoms with E-state index >= 15 is 0 Å². The van der Waals surface area contributed by atoms with Gasteiger partial charge in [0.1, 0.15) is 0 Å². The van der Waals surface area contributed by atoms with Gasteiger partial charge in [0.2, 0.25) is 11.8 Å². The van der Waals surface area contributed by atoms with Crippen LogP contribution in [0.25, 0.3) is 0 Å². The highest BCUT2D eigenvalue weighted by Crippen LogP contribution is 2.42. The van der Waals surface area contributed by atoms with Crippen LogP contribution in [0.2, 0.25) is 0 Å². The molecule has 0 bridgehead atoms. The predicted octanol–water partition coefficient (Wildman–Crippen LogP) is 0.0215. The van der Waals surface area contributed by atoms with Crippen LogP contribution in [0.5, 0.6) is 11.5 Å². The number of carbonyl (C=O) groups excluding carboxylic acids is 2. The molecule has 0 unspecified atom stereocenters. The summed E-state index contributed by atoms with van der Waals surface area (Å²) in [6.45, 7) is -0.507. The van der Waals surface area contributed by atoms with Crippen LogP contribution in [0, 0.1) is 0 Å². The minimum atomic E-state index is -3.71. The first kappa shape index (κ1) is 14.0. The van der Waals surface area contributed by atoms with E-state index in [4.69, 9.17) is 5.73 Å². The van der Waals surface area contributed by atoms with Gasteiger partial charge >= 0.3 is 6.29 Å². The summed E-state index contributed by atoms with van der Waals surface area (Å²) in [7, 11) is 0. The molecular weight excluding hydrogens is 276 g/mol. The fraction of sp³-hybridized carbons (Fsp3) is 0.273. The third-order valence-electron chi connectivity index (χ3n) is 2.32. The molecule has 20 heavy (non-hydrogen) atoms. The van der Waals surface area contributed by atoms with Crippen LogP contribution in [0.3, 0.4) is 0 Å². The summed E-state index contributed by atoms with van der Waals surface area (Å²) >= 11 is 0. The summed E-state index contributed by atoms with van der Waals surface area (Å²) in [5.74, 6) is -1.31. The first-order chi connectivity index (χ1) is 9.39. The van der Waals surface area contributed by atoms with Crippen LogP contribution in [0.1, 0.15) is 0 Å². The quantitative estimate of drug-likeness (QED) is 0.724. The number of ether oxygens (including phenoxy) is 2. The Hall–Kier alpha value is -2.42. The van der Waals surface area contributed by atoms with Crippen molar-refractivity contribution in [1.82, 2.24) is 5.32 Å². The van der Waals surface area contributed by atoms with E-state index in [0.717, 1.165) is 0 Å². The Balaban J connectivity index is 1.95. The van der Waals surface area contributed by atoms with Gasteiger partial charge in [-0.25, -0.2) is 0 Å². The van der Waals surface area contributed by atoms with E-state index < -0.39 is 18.1 Å². The fourth-order valence-corrected chi connectivity index (χ4v) is 1.48. The number of benzene rings is 1. The SMILES string of the molecule is NCC(=O)NCC(=O)Nc1ccc2c(c1)OC(F)(F)O2. The first-order valence-corrected chi connectivity index (χ1v) is 5.56. The number of alkyl halides is 2. The number of fused-ring (bicyclic) bond motifs is 1. The minimum absolute atomic E-state index is 0.121. The molecule has 108 valence electrons. The van der Waals surface area contributed by atoms with E-state index in [2.05, 4.69) is 20.1 Å². The smallest absolute Gasteiger partial charge is 0.395 e. The molecule has 0 aliphatic carbocycles. The maximum absolute atomic E-state index is 12.8. The Kier molecular flexibility index (Phi) is 3.70. The molecule has 1 aliphatic heterocycles. The number of halogens is 2. The average molecular weight is 287 g/mol. The molecule has 2 rings (SSSR count). The second kappa shape index (κ2) is 5.29. The molecule has 9 heteroatoms. The van der Waals surface area contributed by atoms with Gasteiger partial charge in [-0.05, 0) is 12.1 Å². The van der Waals surface area contributed by atoms with Crippen LogP contribution < -0.4 is 25.8 Å². The number of hydrogen-bond donors (Lipinski definition) is 3. The summed E-state index contributed by atoms with van der Waals surface area (Å²) in [6, 6.07) is 3.80. The van der Waals surface area contributed by atoms with Crippen LogP contribution in [-0.2, 0) is 9.59 Å². The number of hydrogen-bond acceptors (Lipinski definition) is 5. The van der Waals surface area contributed by atoms with Crippen LogP contribution >= 0.6 is 0 Å². The second-order valence-corrected chi connectivity index (χ2v) is 3.86. The van der Waals surface area contributed by atoms with Crippen molar-refractivity contribution in [2.75, 3.05) is 18.4 Å². The van der Waals surface area contributed by atoms with E-state index in [1.807, 2.05) is 0 Å². The van der Waals surface area contributed by atoms with Gasteiger partial charge in [0.25, 0.3) is 0 Å². The molecule has 0 saturated heterocycles. The molecule has 7 nitrogen and oxygen atoms in total. The zero-order chi connectivity index (χ0) is 14.8. The Labute approximate surface area is 112 Å². The zero-order valence-electron chi connectivity index (χ0n) is 10.1. The summed E-state index contributed by atoms with van der Waals surface area (Å²) in [5.41, 5.74) is 5.29. The van der Waals surface area contributed by atoms with E-state index in [9.17, 15) is 18.4 Å². The predicted molar refractivity (Wildman–Crippen MR) is 63.3 cm³/mol. The van der Waals surface area contributed by atoms with Crippen molar-refractivity contribution in [2.45, 2.75) is 6.29 Å². The van der Waals surface area contributed by atoms with Crippen molar-refractivity contribution in [3.8, 4) is 11.5 Å². The second-order valence-electron chi connectivity index (χ2n) is 3.86. The molecule has 0 saturated carbocycles. The molecule has 1 aliphatic rings. The molecule has 1 aromatic rings. The van der Waals surface area contributed by atoms with E-state index in [1.165, 1.54) is 18.2 Å². The topological polar surface area (TPSA) is 103 Å². The van der Waals surface area contributed by atoms with Gasteiger partial charge in [-0.1, -0.05) is 0 Å². The van der Waals surface area contributed by atoms with Crippen molar-refractivity contribution >= 4 is 17.5 Å². The molecule has 1 aromatic carbocycles. The maximum Gasteiger partial charge on any atom is 0.586 e. The standard InChI is InChI=1S/C11H11F2N3O4/c12-11(13)19-7-2-1-6(3-8(7)20-11)16-10(18)5-15-9(17)4-14/h1-3H,4-5,14H2,(H,15,17)(H,16,18). The number of nitrogens with one attached hydrogen (secondary N) is 2. The lowest BCUT2D eigenvalue weighted by molar-refractivity contribution is -0.286. The normalized spacial score (nSPS) is 14.8. The largest absolute Gasteiger partial charge is 0.586 e. The number of nitrogens with two attached hydrogens (primary N) is 1. The van der Waals surface area contributed by atoms with Crippen molar-refractivity contribution < 1.29 is 27.8 Å². The van der Waals surface area contributed by atoms with Gasteiger partial charge < -0.3 is 25.8 Å². The lowest BCUT2D eigenvalue weighted by Gasteiger charge is -2.06. The van der Waals surface area contributed by atoms with E-state index in [0.29, 0.717) is 0 Å². The highest BCUT2D eigenvalue weighted by atomic mass is 19.3. The Morgan fingerprint density at radius 1 is 1.20 bits per heavy atom. The Morgan fingerprint density at radius 3 is 2.60 bits per heavy atom. The lowest BCUT2D eigenvalue weighted by atomic mass is 10.3. The van der Waals surface area contributed by atoms with Crippen LogP contribution in [0.4, 0.5) is 14.5 Å². The Bertz CT molecular complexity index is 550. The molecule has 0 atom stereocenters. The van der Waals surface area contributed by atoms with Crippen LogP contribution in [0.15, 0.2) is 18.2 Å². The van der Waals surface area contributed by atoms with Crippen molar-refractivity contribution in [3.63, 3.8) is 0 Å². The molecule has 2 amide bonds. The number of amides is 2. The highest BCUT2D eigenvalue weighted by Gasteiger charge is 2.43. The highest BCUT2D eigenvalue weighted by molar-refractivity contribution is 5.95. The maximum atomic E-state index is 12.8. The van der Waals surface area contributed by atoms with Crippen LogP contribution in [-0.4, -0.2) is 31.2 Å². The Morgan fingerprint density at radius 2 is 1.90 bits per heavy atom. The van der Waals surface area contributed by atoms with Gasteiger partial charge in [-0.15, -0.1) is 8.78 Å². The minimum Gasteiger partial charge on any atom is -0.395 e. The molecule has 0 aromatic heterocycles. The number of rotatable bonds is 4. The van der Waals surface area contributed by atoms with Gasteiger partial charge in [-0.3, -0.25) is 9.59 Å². The molecule has 0 spiro atoms. The van der Waals surface area contributed by atoms with Gasteiger partial charge in [0, 0.05) is 11.8 Å². The first-order valence-electron chi connectivity index (χ1n) is 5.56. The van der Waals surface area contributed by atoms with Gasteiger partial charge in [-0.2, -0.15) is 0 Å². The fourth-order valence-electron chi connectivity index (χ4n) is 1.48. The molecule has 0 fully saturated rings. The average Bonchev–Trinajstić information content (AvgIpc) is 2.69. The summed E-state index contributed by atoms with van der Waals surface area (Å²) in [4.78, 5) is 22.3. The van der Waals surface area contributed by atoms with Crippen molar-refractivity contribution in [3.05, 3.63) is 18.2 Å². The lowest BCUT2D eigenvalue weighted by Crippen LogP contribution is -2.36.